The number of amides is 2. The van der Waals surface area contributed by atoms with Gasteiger partial charge in [0, 0.05) is 19.1 Å². The van der Waals surface area contributed by atoms with Gasteiger partial charge in [-0.25, -0.2) is 4.79 Å². The van der Waals surface area contributed by atoms with Crippen molar-refractivity contribution in [3.8, 4) is 0 Å². The summed E-state index contributed by atoms with van der Waals surface area (Å²) >= 11 is 0. The Balaban J connectivity index is 2.42. The van der Waals surface area contributed by atoms with E-state index in [4.69, 9.17) is 0 Å². The zero-order valence-corrected chi connectivity index (χ0v) is 10.8. The lowest BCUT2D eigenvalue weighted by Crippen LogP contribution is -2.46. The first kappa shape index (κ1) is 13.3. The van der Waals surface area contributed by atoms with Crippen molar-refractivity contribution < 1.29 is 4.79 Å². The molecule has 1 heterocycles. The second kappa shape index (κ2) is 7.53. The average Bonchev–Trinajstić information content (AvgIpc) is 2.54. The summed E-state index contributed by atoms with van der Waals surface area (Å²) in [5.41, 5.74) is 0. The molecular weight excluding hydrogens is 200 g/mol. The number of likely N-dealkylation sites (tertiary alicyclic amines) is 1. The van der Waals surface area contributed by atoms with Crippen LogP contribution in [0.3, 0.4) is 0 Å². The Kier molecular flexibility index (Phi) is 6.27. The summed E-state index contributed by atoms with van der Waals surface area (Å²) in [6, 6.07) is 0.617. The van der Waals surface area contributed by atoms with Crippen molar-refractivity contribution >= 4 is 6.03 Å². The van der Waals surface area contributed by atoms with Crippen LogP contribution in [0.4, 0.5) is 4.79 Å². The van der Waals surface area contributed by atoms with Crippen molar-refractivity contribution in [2.45, 2.75) is 64.8 Å². The topological polar surface area (TPSA) is 32.3 Å². The fraction of sp³-hybridized carbons (Fsp3) is 0.923. The molecule has 1 atom stereocenters. The number of hydrogen-bond donors (Lipinski definition) is 1. The Morgan fingerprint density at radius 2 is 2.12 bits per heavy atom. The Labute approximate surface area is 99.6 Å². The van der Waals surface area contributed by atoms with E-state index < -0.39 is 0 Å². The van der Waals surface area contributed by atoms with Crippen LogP contribution < -0.4 is 5.32 Å². The van der Waals surface area contributed by atoms with Gasteiger partial charge in [-0.2, -0.15) is 0 Å². The van der Waals surface area contributed by atoms with Gasteiger partial charge in [-0.05, 0) is 25.7 Å². The number of carbonyl (C=O) groups is 1. The maximum Gasteiger partial charge on any atom is 0.317 e. The largest absolute Gasteiger partial charge is 0.338 e. The lowest BCUT2D eigenvalue weighted by atomic mass is 10.1. The molecule has 1 aliphatic rings. The predicted octanol–water partition coefficient (Wildman–Crippen LogP) is 3.15. The van der Waals surface area contributed by atoms with Gasteiger partial charge in [0.2, 0.25) is 0 Å². The third-order valence-electron chi connectivity index (χ3n) is 3.42. The minimum absolute atomic E-state index is 0.155. The van der Waals surface area contributed by atoms with Gasteiger partial charge in [-0.3, -0.25) is 0 Å². The van der Waals surface area contributed by atoms with Crippen LogP contribution in [0.15, 0.2) is 0 Å². The number of nitrogens with zero attached hydrogens (tertiary/aromatic N) is 1. The van der Waals surface area contributed by atoms with Crippen LogP contribution in [-0.2, 0) is 0 Å². The van der Waals surface area contributed by atoms with E-state index in [0.717, 1.165) is 38.8 Å². The first-order chi connectivity index (χ1) is 7.79. The molecule has 0 aromatic heterocycles. The third kappa shape index (κ3) is 4.03. The number of nitrogens with one attached hydrogen (secondary N) is 1. The predicted molar refractivity (Wildman–Crippen MR) is 67.6 cm³/mol. The highest BCUT2D eigenvalue weighted by Gasteiger charge is 2.23. The third-order valence-corrected chi connectivity index (χ3v) is 3.42. The van der Waals surface area contributed by atoms with Crippen LogP contribution in [0, 0.1) is 0 Å². The second-order valence-electron chi connectivity index (χ2n) is 4.69. The molecular formula is C13H26N2O. The van der Waals surface area contributed by atoms with Crippen molar-refractivity contribution in [3.63, 3.8) is 0 Å². The molecule has 1 aliphatic heterocycles. The molecule has 1 N–H and O–H groups in total. The van der Waals surface area contributed by atoms with E-state index in [9.17, 15) is 4.79 Å². The smallest absolute Gasteiger partial charge is 0.317 e. The molecule has 16 heavy (non-hydrogen) atoms. The lowest BCUT2D eigenvalue weighted by molar-refractivity contribution is 0.173. The summed E-state index contributed by atoms with van der Waals surface area (Å²) in [7, 11) is 0. The summed E-state index contributed by atoms with van der Waals surface area (Å²) in [6.07, 6.45) is 8.19. The van der Waals surface area contributed by atoms with Gasteiger partial charge in [0.05, 0.1) is 0 Å². The molecule has 0 saturated carbocycles. The molecule has 2 amide bonds. The summed E-state index contributed by atoms with van der Waals surface area (Å²) in [5.74, 6) is 0. The molecule has 0 aromatic carbocycles. The van der Waals surface area contributed by atoms with Gasteiger partial charge in [-0.15, -0.1) is 0 Å². The first-order valence-electron chi connectivity index (χ1n) is 6.84. The second-order valence-corrected chi connectivity index (χ2v) is 4.69. The van der Waals surface area contributed by atoms with Crippen molar-refractivity contribution in [2.75, 3.05) is 13.1 Å². The van der Waals surface area contributed by atoms with Crippen LogP contribution in [0.1, 0.15) is 58.8 Å². The number of urea groups is 1. The minimum Gasteiger partial charge on any atom is -0.338 e. The van der Waals surface area contributed by atoms with Crippen LogP contribution in [0.25, 0.3) is 0 Å². The molecule has 94 valence electrons. The lowest BCUT2D eigenvalue weighted by Gasteiger charge is -2.29. The van der Waals surface area contributed by atoms with Gasteiger partial charge < -0.3 is 10.2 Å². The maximum atomic E-state index is 12.0. The SMILES string of the molecule is CCCCNC(=O)N1CCCCCC1CC. The maximum absolute atomic E-state index is 12.0. The molecule has 1 saturated heterocycles. The molecule has 0 aromatic rings. The molecule has 1 fully saturated rings. The van der Waals surface area contributed by atoms with E-state index in [1.165, 1.54) is 19.3 Å². The van der Waals surface area contributed by atoms with E-state index in [0.29, 0.717) is 6.04 Å². The average molecular weight is 226 g/mol. The van der Waals surface area contributed by atoms with Gasteiger partial charge in [0.15, 0.2) is 0 Å². The zero-order chi connectivity index (χ0) is 11.8. The Morgan fingerprint density at radius 1 is 1.31 bits per heavy atom. The van der Waals surface area contributed by atoms with E-state index in [1.807, 2.05) is 0 Å². The molecule has 1 rings (SSSR count). The highest BCUT2D eigenvalue weighted by Crippen LogP contribution is 2.18. The highest BCUT2D eigenvalue weighted by molar-refractivity contribution is 5.74. The fourth-order valence-corrected chi connectivity index (χ4v) is 2.34. The number of hydrogen-bond acceptors (Lipinski definition) is 1. The molecule has 0 radical (unpaired) electrons. The van der Waals surface area contributed by atoms with Crippen LogP contribution in [0.5, 0.6) is 0 Å². The van der Waals surface area contributed by atoms with E-state index >= 15 is 0 Å². The van der Waals surface area contributed by atoms with Crippen LogP contribution in [-0.4, -0.2) is 30.1 Å². The molecule has 3 nitrogen and oxygen atoms in total. The van der Waals surface area contributed by atoms with E-state index in [1.54, 1.807) is 0 Å². The highest BCUT2D eigenvalue weighted by atomic mass is 16.2. The molecule has 0 aliphatic carbocycles. The Morgan fingerprint density at radius 3 is 2.81 bits per heavy atom. The number of unbranched alkanes of at least 4 members (excludes halogenated alkanes) is 1. The minimum atomic E-state index is 0.155. The fourth-order valence-electron chi connectivity index (χ4n) is 2.34. The Bertz CT molecular complexity index is 206. The number of carbonyl (C=O) groups excluding carboxylic acids is 1. The number of rotatable bonds is 4. The van der Waals surface area contributed by atoms with Crippen molar-refractivity contribution in [1.82, 2.24) is 10.2 Å². The summed E-state index contributed by atoms with van der Waals surface area (Å²) in [4.78, 5) is 14.1. The normalized spacial score (nSPS) is 21.6. The van der Waals surface area contributed by atoms with Gasteiger partial charge >= 0.3 is 6.03 Å². The summed E-state index contributed by atoms with van der Waals surface area (Å²) < 4.78 is 0. The molecule has 1 unspecified atom stereocenters. The summed E-state index contributed by atoms with van der Waals surface area (Å²) in [6.45, 7) is 6.09. The van der Waals surface area contributed by atoms with Crippen LogP contribution in [0.2, 0.25) is 0 Å². The van der Waals surface area contributed by atoms with Gasteiger partial charge in [-0.1, -0.05) is 33.1 Å². The van der Waals surface area contributed by atoms with Crippen molar-refractivity contribution in [2.24, 2.45) is 0 Å². The summed E-state index contributed by atoms with van der Waals surface area (Å²) in [5, 5.41) is 3.03. The molecule has 0 spiro atoms. The van der Waals surface area contributed by atoms with Crippen LogP contribution >= 0.6 is 0 Å². The molecule has 3 heteroatoms. The van der Waals surface area contributed by atoms with E-state index in [-0.39, 0.29) is 6.03 Å². The first-order valence-corrected chi connectivity index (χ1v) is 6.84. The molecule has 0 bridgehead atoms. The van der Waals surface area contributed by atoms with E-state index in [2.05, 4.69) is 24.1 Å². The van der Waals surface area contributed by atoms with Gasteiger partial charge in [0.1, 0.15) is 0 Å². The standard InChI is InChI=1S/C13H26N2O/c1-3-5-10-14-13(16)15-11-8-6-7-9-12(15)4-2/h12H,3-11H2,1-2H3,(H,14,16). The van der Waals surface area contributed by atoms with Crippen molar-refractivity contribution in [1.29, 1.82) is 0 Å². The van der Waals surface area contributed by atoms with Crippen molar-refractivity contribution in [3.05, 3.63) is 0 Å². The zero-order valence-electron chi connectivity index (χ0n) is 10.8. The quantitative estimate of drug-likeness (QED) is 0.734. The monoisotopic (exact) mass is 226 g/mol. The Hall–Kier alpha value is -0.730. The van der Waals surface area contributed by atoms with Gasteiger partial charge in [0.25, 0.3) is 0 Å².